The zero-order valence-electron chi connectivity index (χ0n) is 56.5. The fraction of sp³-hybridized carbons (Fsp3) is 0.823. The fourth-order valence-corrected chi connectivity index (χ4v) is 10.9. The van der Waals surface area contributed by atoms with Crippen molar-refractivity contribution in [2.45, 2.75) is 229 Å². The summed E-state index contributed by atoms with van der Waals surface area (Å²) < 4.78 is 0. The molecule has 1 fully saturated rings. The van der Waals surface area contributed by atoms with Gasteiger partial charge in [0.25, 0.3) is 0 Å². The van der Waals surface area contributed by atoms with E-state index in [9.17, 15) is 53.4 Å². The third-order valence-corrected chi connectivity index (χ3v) is 16.4. The lowest BCUT2D eigenvalue weighted by molar-refractivity contribution is -0.157. The Kier molecular flexibility index (Phi) is 32.5. The molecule has 0 unspecified atom stereocenters. The second kappa shape index (κ2) is 35.8. The molecule has 0 spiro atoms. The van der Waals surface area contributed by atoms with E-state index in [0.29, 0.717) is 19.3 Å². The van der Waals surface area contributed by atoms with Crippen molar-refractivity contribution >= 4 is 65.0 Å². The van der Waals surface area contributed by atoms with Crippen LogP contribution in [0.3, 0.4) is 0 Å². The van der Waals surface area contributed by atoms with Crippen LogP contribution in [0.2, 0.25) is 0 Å². The summed E-state index contributed by atoms with van der Waals surface area (Å²) in [5, 5.41) is 32.7. The Labute approximate surface area is 514 Å². The van der Waals surface area contributed by atoms with Crippen LogP contribution >= 0.6 is 0 Å². The number of nitrogens with zero attached hydrogens (tertiary/aromatic N) is 7. The predicted molar refractivity (Wildman–Crippen MR) is 330 cm³/mol. The van der Waals surface area contributed by atoms with Gasteiger partial charge in [0.15, 0.2) is 0 Å². The van der Waals surface area contributed by atoms with E-state index in [1.165, 1.54) is 87.7 Å². The van der Waals surface area contributed by atoms with E-state index >= 15 is 9.59 Å². The van der Waals surface area contributed by atoms with Crippen LogP contribution in [-0.2, 0) is 52.7 Å². The van der Waals surface area contributed by atoms with Gasteiger partial charge in [-0.2, -0.15) is 0 Å². The van der Waals surface area contributed by atoms with Crippen LogP contribution in [0.25, 0.3) is 0 Å². The van der Waals surface area contributed by atoms with Gasteiger partial charge in [0.1, 0.15) is 60.4 Å². The van der Waals surface area contributed by atoms with Crippen molar-refractivity contribution in [1.29, 1.82) is 0 Å². The van der Waals surface area contributed by atoms with Gasteiger partial charge < -0.3 is 65.8 Å². The van der Waals surface area contributed by atoms with Gasteiger partial charge >= 0.3 is 0 Å². The molecule has 1 aliphatic rings. The number of carbonyl (C=O) groups excluding carboxylic acids is 11. The van der Waals surface area contributed by atoms with Crippen molar-refractivity contribution in [2.24, 2.45) is 41.4 Å². The highest BCUT2D eigenvalue weighted by atomic mass is 16.3. The molecule has 12 atom stereocenters. The average Bonchev–Trinajstić information content (AvgIpc) is 1.45. The van der Waals surface area contributed by atoms with Gasteiger partial charge in [-0.1, -0.05) is 103 Å². The van der Waals surface area contributed by atoms with E-state index in [1.54, 1.807) is 41.5 Å². The Morgan fingerprint density at radius 1 is 0.442 bits per heavy atom. The second-order valence-corrected chi connectivity index (χ2v) is 26.5. The highest BCUT2D eigenvalue weighted by Crippen LogP contribution is 2.26. The Hall–Kier alpha value is -5.91. The lowest BCUT2D eigenvalue weighted by Gasteiger charge is -2.41. The first-order chi connectivity index (χ1) is 39.7. The molecular formula is C62H113N11O13. The summed E-state index contributed by atoms with van der Waals surface area (Å²) in [5.41, 5.74) is 0. The number of rotatable bonds is 17. The molecule has 0 saturated carbocycles. The molecule has 1 saturated heterocycles. The molecule has 24 heteroatoms. The molecule has 0 bridgehead atoms. The van der Waals surface area contributed by atoms with E-state index in [2.05, 4.69) is 21.3 Å². The van der Waals surface area contributed by atoms with Gasteiger partial charge in [0, 0.05) is 55.9 Å². The third-order valence-electron chi connectivity index (χ3n) is 16.4. The first kappa shape index (κ1) is 78.1. The Bertz CT molecular complexity index is 2300. The zero-order chi connectivity index (χ0) is 66.7. The molecule has 1 aliphatic heterocycles. The zero-order valence-corrected chi connectivity index (χ0v) is 56.5. The molecule has 6 N–H and O–H groups in total. The number of aliphatic hydroxyl groups is 2. The summed E-state index contributed by atoms with van der Waals surface area (Å²) in [5.74, 6) is -9.90. The maximum absolute atomic E-state index is 15.2. The van der Waals surface area contributed by atoms with Crippen molar-refractivity contribution in [1.82, 2.24) is 55.6 Å². The molecular weight excluding hydrogens is 1110 g/mol. The molecule has 494 valence electrons. The van der Waals surface area contributed by atoms with Crippen LogP contribution in [0.4, 0.5) is 0 Å². The van der Waals surface area contributed by atoms with Gasteiger partial charge in [-0.3, -0.25) is 52.7 Å². The lowest BCUT2D eigenvalue weighted by Crippen LogP contribution is -2.63. The van der Waals surface area contributed by atoms with Gasteiger partial charge in [-0.25, -0.2) is 0 Å². The van der Waals surface area contributed by atoms with Gasteiger partial charge in [0.2, 0.25) is 65.0 Å². The lowest BCUT2D eigenvalue weighted by atomic mass is 9.90. The minimum absolute atomic E-state index is 0.00693. The minimum Gasteiger partial charge on any atom is -0.396 e. The summed E-state index contributed by atoms with van der Waals surface area (Å²) in [4.78, 5) is 169. The topological polar surface area (TPSA) is 299 Å². The second-order valence-electron chi connectivity index (χ2n) is 26.5. The Morgan fingerprint density at radius 3 is 1.31 bits per heavy atom. The van der Waals surface area contributed by atoms with Gasteiger partial charge in [-0.05, 0) is 100 Å². The maximum atomic E-state index is 15.2. The molecule has 1 heterocycles. The van der Waals surface area contributed by atoms with Crippen molar-refractivity contribution in [3.63, 3.8) is 0 Å². The number of likely N-dealkylation sites (N-methyl/N-ethyl adjacent to an activating group) is 7. The van der Waals surface area contributed by atoms with E-state index in [1.807, 2.05) is 55.4 Å². The predicted octanol–water partition coefficient (Wildman–Crippen LogP) is 2.47. The van der Waals surface area contributed by atoms with Crippen LogP contribution in [0, 0.1) is 41.4 Å². The monoisotopic (exact) mass is 1220 g/mol. The SMILES string of the molecule is CC[C@@H]1NC(=O)[C@H]([C@H](O)[C@H](C)CCCCO)N(C)C(=O)[C@H](C(C)C)N(C)C(=O)[C@H](CC(C)C)N(C)C(=O)[C@H](CC(C)C)N(C)C(=O)[C@H](C)NC(=O)[C@@H](C)NC(=O)[C@@H](CC(C)C)N(C)C(=O)[C@@H](C(C)C)NC(=O)[C@H](CC(C)C)N(C)C(=O)CN(C)C1=O. The first-order valence-corrected chi connectivity index (χ1v) is 31.1. The fourth-order valence-electron chi connectivity index (χ4n) is 10.9. The summed E-state index contributed by atoms with van der Waals surface area (Å²) in [7, 11) is 9.85. The third kappa shape index (κ3) is 22.0. The number of aliphatic hydroxyl groups excluding tert-OH is 2. The molecule has 0 aliphatic carbocycles. The molecule has 0 aromatic carbocycles. The Balaban J connectivity index is 4.32. The standard InChI is InChI=1S/C62H113N11O13/c1-24-43-58(82)67(17)33-48(75)68(18)44(29-34(2)3)55(79)66-49(38(10)11)61(85)69(19)45(30-35(4)5)54(78)63-41(15)53(77)64-42(16)57(81)70(20)46(31-36(6)7)59(83)71(21)47(32-37(8)9)60(84)72(22)50(39(12)13)62(86)73(23)51(56(80)65-43)52(76)40(14)27-25-26-28-74/h34-47,49-52,74,76H,24-33H2,1-23H3,(H,63,78)(H,64,77)(H,65,80)(H,66,79)/t40-,41-,42+,43+,44+,45-,46+,47+,49-,50+,51+,52-/m1/s1. The van der Waals surface area contributed by atoms with Crippen LogP contribution in [0.1, 0.15) is 162 Å². The highest BCUT2D eigenvalue weighted by molar-refractivity contribution is 5.99. The van der Waals surface area contributed by atoms with Gasteiger partial charge in [0.05, 0.1) is 12.6 Å². The normalized spacial score (nSPS) is 26.6. The van der Waals surface area contributed by atoms with Crippen LogP contribution in [0.15, 0.2) is 0 Å². The summed E-state index contributed by atoms with van der Waals surface area (Å²) in [6.07, 6.45) is 0.289. The van der Waals surface area contributed by atoms with Crippen LogP contribution in [-0.4, -0.2) is 238 Å². The summed E-state index contributed by atoms with van der Waals surface area (Å²) in [6.45, 7) is 27.3. The molecule has 24 nitrogen and oxygen atoms in total. The summed E-state index contributed by atoms with van der Waals surface area (Å²) in [6, 6.07) is -12.5. The van der Waals surface area contributed by atoms with Gasteiger partial charge in [-0.15, -0.1) is 0 Å². The smallest absolute Gasteiger partial charge is 0.246 e. The van der Waals surface area contributed by atoms with E-state index in [0.717, 1.165) is 9.80 Å². The number of amides is 11. The molecule has 86 heavy (non-hydrogen) atoms. The number of nitrogens with one attached hydrogen (secondary N) is 4. The van der Waals surface area contributed by atoms with E-state index < -0.39 is 156 Å². The van der Waals surface area contributed by atoms with Crippen LogP contribution < -0.4 is 21.3 Å². The van der Waals surface area contributed by atoms with Crippen molar-refractivity contribution < 1.29 is 63.0 Å². The minimum atomic E-state index is -1.64. The number of hydrogen-bond acceptors (Lipinski definition) is 13. The van der Waals surface area contributed by atoms with E-state index in [4.69, 9.17) is 0 Å². The molecule has 0 aromatic rings. The molecule has 1 rings (SSSR count). The van der Waals surface area contributed by atoms with Crippen molar-refractivity contribution in [3.05, 3.63) is 0 Å². The maximum Gasteiger partial charge on any atom is 0.246 e. The average molecular weight is 1220 g/mol. The molecule has 0 radical (unpaired) electrons. The quantitative estimate of drug-likeness (QED) is 0.114. The highest BCUT2D eigenvalue weighted by Gasteiger charge is 2.46. The summed E-state index contributed by atoms with van der Waals surface area (Å²) >= 11 is 0. The van der Waals surface area contributed by atoms with Crippen LogP contribution in [0.5, 0.6) is 0 Å². The largest absolute Gasteiger partial charge is 0.396 e. The number of unbranched alkanes of at least 4 members (excludes halogenated alkanes) is 1. The van der Waals surface area contributed by atoms with Crippen molar-refractivity contribution in [3.8, 4) is 0 Å². The Morgan fingerprint density at radius 2 is 0.860 bits per heavy atom. The first-order valence-electron chi connectivity index (χ1n) is 31.1. The van der Waals surface area contributed by atoms with Crippen molar-refractivity contribution in [2.75, 3.05) is 62.5 Å². The molecule has 11 amide bonds. The molecule has 0 aromatic heterocycles. The van der Waals surface area contributed by atoms with E-state index in [-0.39, 0.29) is 62.4 Å². The number of carbonyl (C=O) groups is 11. The number of hydrogen-bond donors (Lipinski definition) is 6.